The maximum absolute atomic E-state index is 13.6. The molecule has 2 fully saturated rings. The number of hydrogen-bond donors (Lipinski definition) is 2. The summed E-state index contributed by atoms with van der Waals surface area (Å²) in [4.78, 5) is 12.3. The van der Waals surface area contributed by atoms with Crippen LogP contribution in [0.25, 0.3) is 0 Å². The van der Waals surface area contributed by atoms with Gasteiger partial charge in [-0.05, 0) is 73.6 Å². The summed E-state index contributed by atoms with van der Waals surface area (Å²) >= 11 is 0. The van der Waals surface area contributed by atoms with Crippen LogP contribution in [0.15, 0.2) is 42.5 Å². The molecule has 2 aromatic carbocycles. The molecule has 2 aromatic rings. The van der Waals surface area contributed by atoms with E-state index in [0.717, 1.165) is 0 Å². The summed E-state index contributed by atoms with van der Waals surface area (Å²) in [5, 5.41) is 2.90. The quantitative estimate of drug-likeness (QED) is 0.511. The smallest absolute Gasteiger partial charge is 0.373 e. The van der Waals surface area contributed by atoms with Gasteiger partial charge in [-0.25, -0.2) is 4.39 Å². The van der Waals surface area contributed by atoms with Crippen LogP contribution in [0.2, 0.25) is 0 Å². The van der Waals surface area contributed by atoms with Crippen molar-refractivity contribution in [3.63, 3.8) is 0 Å². The van der Waals surface area contributed by atoms with Crippen LogP contribution in [0.4, 0.5) is 30.7 Å². The maximum Gasteiger partial charge on any atom is 0.416 e. The predicted octanol–water partition coefficient (Wildman–Crippen LogP) is 5.55. The molecule has 11 heteroatoms. The highest BCUT2D eigenvalue weighted by Gasteiger charge is 2.49. The minimum atomic E-state index is -4.96. The standard InChI is InChI=1S/C25H25F7N2O2/c1-23(33)11-19(34-22(23)35)18-6-7-20(21(18)14-2-4-17(26)5-3-14)36-12-13-8-15(24(27,28)29)10-16(9-13)25(30,31)32/h2-5,8-10,18-21H,6-7,11-12,33H2,1H3,(H,34,35)/t18-,19-,20-,21-,23-/m0/s1. The summed E-state index contributed by atoms with van der Waals surface area (Å²) in [5.74, 6) is -1.31. The first-order valence-corrected chi connectivity index (χ1v) is 11.4. The van der Waals surface area contributed by atoms with Gasteiger partial charge in [0.2, 0.25) is 5.91 Å². The van der Waals surface area contributed by atoms with Crippen LogP contribution in [-0.4, -0.2) is 23.6 Å². The number of nitrogens with one attached hydrogen (secondary N) is 1. The number of benzene rings is 2. The number of carbonyl (C=O) groups is 1. The lowest BCUT2D eigenvalue weighted by Crippen LogP contribution is -2.43. The number of carbonyl (C=O) groups excluding carboxylic acids is 1. The Kier molecular flexibility index (Phi) is 6.85. The Labute approximate surface area is 203 Å². The van der Waals surface area contributed by atoms with Crippen molar-refractivity contribution in [2.75, 3.05) is 0 Å². The Morgan fingerprint density at radius 2 is 1.58 bits per heavy atom. The Morgan fingerprint density at radius 3 is 2.08 bits per heavy atom. The van der Waals surface area contributed by atoms with E-state index in [1.807, 2.05) is 0 Å². The summed E-state index contributed by atoms with van der Waals surface area (Å²) in [6.45, 7) is 1.14. The fourth-order valence-corrected chi connectivity index (χ4v) is 5.28. The number of nitrogens with two attached hydrogens (primary N) is 1. The van der Waals surface area contributed by atoms with Crippen molar-refractivity contribution in [2.45, 2.75) is 68.7 Å². The number of rotatable bonds is 5. The van der Waals surface area contributed by atoms with E-state index in [1.54, 1.807) is 19.1 Å². The van der Waals surface area contributed by atoms with E-state index >= 15 is 0 Å². The monoisotopic (exact) mass is 518 g/mol. The van der Waals surface area contributed by atoms with Gasteiger partial charge in [0.15, 0.2) is 0 Å². The van der Waals surface area contributed by atoms with Gasteiger partial charge in [0.25, 0.3) is 0 Å². The number of alkyl halides is 6. The number of amides is 1. The van der Waals surface area contributed by atoms with E-state index < -0.39 is 47.5 Å². The first kappa shape index (κ1) is 26.4. The molecule has 1 heterocycles. The SMILES string of the molecule is C[C@]1(N)C[C@@H]([C@@H]2CC[C@H](OCc3cc(C(F)(F)F)cc(C(F)(F)F)c3)[C@H]2c2ccc(F)cc2)NC1=O. The zero-order valence-electron chi connectivity index (χ0n) is 19.2. The van der Waals surface area contributed by atoms with Crippen molar-refractivity contribution < 1.29 is 40.3 Å². The molecule has 1 aliphatic carbocycles. The Balaban J connectivity index is 1.60. The predicted molar refractivity (Wildman–Crippen MR) is 116 cm³/mol. The third-order valence-corrected chi connectivity index (χ3v) is 7.01. The van der Waals surface area contributed by atoms with Gasteiger partial charge in [-0.3, -0.25) is 4.79 Å². The maximum atomic E-state index is 13.6. The van der Waals surface area contributed by atoms with E-state index in [2.05, 4.69) is 5.32 Å². The third-order valence-electron chi connectivity index (χ3n) is 7.01. The van der Waals surface area contributed by atoms with Crippen molar-refractivity contribution in [3.8, 4) is 0 Å². The normalized spacial score (nSPS) is 29.0. The van der Waals surface area contributed by atoms with Gasteiger partial charge >= 0.3 is 12.4 Å². The Bertz CT molecular complexity index is 1080. The highest BCUT2D eigenvalue weighted by atomic mass is 19.4. The fraction of sp³-hybridized carbons (Fsp3) is 0.480. The molecule has 0 radical (unpaired) electrons. The minimum Gasteiger partial charge on any atom is -0.373 e. The van der Waals surface area contributed by atoms with Gasteiger partial charge < -0.3 is 15.8 Å². The molecule has 0 bridgehead atoms. The first-order chi connectivity index (χ1) is 16.6. The molecule has 36 heavy (non-hydrogen) atoms. The molecule has 1 aliphatic heterocycles. The van der Waals surface area contributed by atoms with Crippen molar-refractivity contribution >= 4 is 5.91 Å². The summed E-state index contributed by atoms with van der Waals surface area (Å²) in [6, 6.07) is 6.73. The van der Waals surface area contributed by atoms with Crippen molar-refractivity contribution in [3.05, 3.63) is 70.5 Å². The van der Waals surface area contributed by atoms with Crippen LogP contribution in [0.5, 0.6) is 0 Å². The van der Waals surface area contributed by atoms with E-state index in [-0.39, 0.29) is 35.4 Å². The minimum absolute atomic E-state index is 0.0724. The van der Waals surface area contributed by atoms with E-state index in [0.29, 0.717) is 37.0 Å². The van der Waals surface area contributed by atoms with E-state index in [9.17, 15) is 35.5 Å². The number of ether oxygens (including phenoxy) is 1. The van der Waals surface area contributed by atoms with Crippen molar-refractivity contribution in [1.29, 1.82) is 0 Å². The molecule has 5 atom stereocenters. The van der Waals surface area contributed by atoms with Crippen LogP contribution < -0.4 is 11.1 Å². The molecule has 0 spiro atoms. The second kappa shape index (κ2) is 9.33. The lowest BCUT2D eigenvalue weighted by molar-refractivity contribution is -0.143. The summed E-state index contributed by atoms with van der Waals surface area (Å²) < 4.78 is 98.9. The molecular formula is C25H25F7N2O2. The molecular weight excluding hydrogens is 493 g/mol. The van der Waals surface area contributed by atoms with Crippen LogP contribution in [-0.2, 0) is 28.5 Å². The van der Waals surface area contributed by atoms with E-state index in [1.165, 1.54) is 12.1 Å². The molecule has 1 amide bonds. The molecule has 1 saturated carbocycles. The highest BCUT2D eigenvalue weighted by molar-refractivity contribution is 5.88. The van der Waals surface area contributed by atoms with E-state index in [4.69, 9.17) is 10.5 Å². The van der Waals surface area contributed by atoms with Gasteiger partial charge in [-0.2, -0.15) is 26.3 Å². The molecule has 2 aliphatic rings. The molecule has 0 aromatic heterocycles. The molecule has 4 nitrogen and oxygen atoms in total. The average Bonchev–Trinajstić information content (AvgIpc) is 3.31. The van der Waals surface area contributed by atoms with Crippen LogP contribution in [0.1, 0.15) is 54.4 Å². The van der Waals surface area contributed by atoms with Gasteiger partial charge in [0.05, 0.1) is 29.4 Å². The zero-order valence-corrected chi connectivity index (χ0v) is 19.2. The van der Waals surface area contributed by atoms with Crippen LogP contribution in [0.3, 0.4) is 0 Å². The number of halogens is 7. The lowest BCUT2D eigenvalue weighted by atomic mass is 9.81. The summed E-state index contributed by atoms with van der Waals surface area (Å²) in [6.07, 6.45) is -9.12. The molecule has 1 saturated heterocycles. The third kappa shape index (κ3) is 5.51. The lowest BCUT2D eigenvalue weighted by Gasteiger charge is -2.30. The van der Waals surface area contributed by atoms with Crippen LogP contribution >= 0.6 is 0 Å². The average molecular weight is 518 g/mol. The number of hydrogen-bond acceptors (Lipinski definition) is 3. The molecule has 196 valence electrons. The summed E-state index contributed by atoms with van der Waals surface area (Å²) in [5.41, 5.74) is 2.62. The largest absolute Gasteiger partial charge is 0.416 e. The second-order valence-electron chi connectivity index (χ2n) is 9.78. The topological polar surface area (TPSA) is 64.3 Å². The van der Waals surface area contributed by atoms with Gasteiger partial charge in [0.1, 0.15) is 5.82 Å². The van der Waals surface area contributed by atoms with Crippen molar-refractivity contribution in [1.82, 2.24) is 5.32 Å². The Hall–Kier alpha value is -2.66. The first-order valence-electron chi connectivity index (χ1n) is 11.4. The zero-order chi connectivity index (χ0) is 26.5. The van der Waals surface area contributed by atoms with Gasteiger partial charge in [0, 0.05) is 12.0 Å². The van der Waals surface area contributed by atoms with Crippen molar-refractivity contribution in [2.24, 2.45) is 11.7 Å². The molecule has 4 rings (SSSR count). The summed E-state index contributed by atoms with van der Waals surface area (Å²) in [7, 11) is 0. The Morgan fingerprint density at radius 1 is 1.00 bits per heavy atom. The van der Waals surface area contributed by atoms with Crippen LogP contribution in [0, 0.1) is 11.7 Å². The fourth-order valence-electron chi connectivity index (χ4n) is 5.28. The molecule has 0 unspecified atom stereocenters. The van der Waals surface area contributed by atoms with Gasteiger partial charge in [-0.1, -0.05) is 12.1 Å². The molecule has 3 N–H and O–H groups in total. The van der Waals surface area contributed by atoms with Gasteiger partial charge in [-0.15, -0.1) is 0 Å². The second-order valence-corrected chi connectivity index (χ2v) is 9.78. The highest BCUT2D eigenvalue weighted by Crippen LogP contribution is 2.46.